The van der Waals surface area contributed by atoms with Gasteiger partial charge in [0.2, 0.25) is 5.76 Å². The van der Waals surface area contributed by atoms with E-state index in [1.807, 2.05) is 13.8 Å². The van der Waals surface area contributed by atoms with Crippen LogP contribution in [0.2, 0.25) is 0 Å². The summed E-state index contributed by atoms with van der Waals surface area (Å²) in [5, 5.41) is 14.9. The number of aromatic nitrogens is 1. The minimum atomic E-state index is -0.852. The predicted octanol–water partition coefficient (Wildman–Crippen LogP) is 1.54. The SMILES string of the molecule is CC(C)CC(CNC(=O)c1ccno1)CC(=O)O. The number of carbonyl (C=O) groups is 2. The molecule has 1 amide bonds. The molecule has 0 aromatic carbocycles. The second-order valence-corrected chi connectivity index (χ2v) is 4.68. The molecule has 0 fully saturated rings. The summed E-state index contributed by atoms with van der Waals surface area (Å²) in [6.07, 6.45) is 2.19. The zero-order chi connectivity index (χ0) is 13.5. The lowest BCUT2D eigenvalue weighted by Crippen LogP contribution is -2.30. The Morgan fingerprint density at radius 2 is 2.22 bits per heavy atom. The van der Waals surface area contributed by atoms with Crippen molar-refractivity contribution in [2.24, 2.45) is 11.8 Å². The van der Waals surface area contributed by atoms with E-state index in [4.69, 9.17) is 9.63 Å². The van der Waals surface area contributed by atoms with E-state index in [9.17, 15) is 9.59 Å². The average Bonchev–Trinajstić information content (AvgIpc) is 2.77. The summed E-state index contributed by atoms with van der Waals surface area (Å²) in [6.45, 7) is 4.37. The first-order chi connectivity index (χ1) is 8.49. The second-order valence-electron chi connectivity index (χ2n) is 4.68. The Morgan fingerprint density at radius 1 is 1.50 bits per heavy atom. The number of nitrogens with zero attached hydrogens (tertiary/aromatic N) is 1. The molecule has 6 heteroatoms. The molecular formula is C12H18N2O4. The van der Waals surface area contributed by atoms with Crippen LogP contribution in [0.25, 0.3) is 0 Å². The minimum absolute atomic E-state index is 0.0505. The highest BCUT2D eigenvalue weighted by molar-refractivity contribution is 5.91. The van der Waals surface area contributed by atoms with Crippen LogP contribution in [0.5, 0.6) is 0 Å². The highest BCUT2D eigenvalue weighted by Gasteiger charge is 2.17. The minimum Gasteiger partial charge on any atom is -0.481 e. The third kappa shape index (κ3) is 4.99. The predicted molar refractivity (Wildman–Crippen MR) is 64.0 cm³/mol. The fourth-order valence-corrected chi connectivity index (χ4v) is 1.81. The Kier molecular flexibility index (Phi) is 5.35. The number of aliphatic carboxylic acids is 1. The lowest BCUT2D eigenvalue weighted by Gasteiger charge is -2.17. The normalized spacial score (nSPS) is 12.4. The summed E-state index contributed by atoms with van der Waals surface area (Å²) in [4.78, 5) is 22.3. The van der Waals surface area contributed by atoms with Crippen LogP contribution in [0.15, 0.2) is 16.8 Å². The highest BCUT2D eigenvalue weighted by atomic mass is 16.5. The molecule has 0 aliphatic rings. The van der Waals surface area contributed by atoms with Crippen molar-refractivity contribution >= 4 is 11.9 Å². The molecule has 1 aromatic heterocycles. The van der Waals surface area contributed by atoms with Crippen molar-refractivity contribution in [1.82, 2.24) is 10.5 Å². The fourth-order valence-electron chi connectivity index (χ4n) is 1.81. The molecule has 1 rings (SSSR count). The number of carboxylic acid groups (broad SMARTS) is 1. The molecule has 0 spiro atoms. The van der Waals surface area contributed by atoms with Crippen LogP contribution in [0.3, 0.4) is 0 Å². The number of nitrogens with one attached hydrogen (secondary N) is 1. The van der Waals surface area contributed by atoms with Crippen LogP contribution in [0, 0.1) is 11.8 Å². The molecule has 1 heterocycles. The van der Waals surface area contributed by atoms with Gasteiger partial charge in [0, 0.05) is 19.0 Å². The van der Waals surface area contributed by atoms with Crippen molar-refractivity contribution < 1.29 is 19.2 Å². The maximum Gasteiger partial charge on any atom is 0.303 e. The van der Waals surface area contributed by atoms with Gasteiger partial charge >= 0.3 is 5.97 Å². The Morgan fingerprint density at radius 3 is 2.72 bits per heavy atom. The van der Waals surface area contributed by atoms with Gasteiger partial charge in [-0.05, 0) is 18.3 Å². The molecule has 1 unspecified atom stereocenters. The molecule has 6 nitrogen and oxygen atoms in total. The topological polar surface area (TPSA) is 92.4 Å². The van der Waals surface area contributed by atoms with Gasteiger partial charge in [-0.25, -0.2) is 0 Å². The smallest absolute Gasteiger partial charge is 0.303 e. The third-order valence-electron chi connectivity index (χ3n) is 2.48. The maximum absolute atomic E-state index is 11.6. The Hall–Kier alpha value is -1.85. The first-order valence-corrected chi connectivity index (χ1v) is 5.89. The van der Waals surface area contributed by atoms with E-state index in [1.54, 1.807) is 0 Å². The van der Waals surface area contributed by atoms with Gasteiger partial charge < -0.3 is 14.9 Å². The summed E-state index contributed by atoms with van der Waals surface area (Å²) in [7, 11) is 0. The van der Waals surface area contributed by atoms with Gasteiger partial charge in [0.1, 0.15) is 0 Å². The van der Waals surface area contributed by atoms with Crippen molar-refractivity contribution in [3.63, 3.8) is 0 Å². The van der Waals surface area contributed by atoms with Crippen molar-refractivity contribution in [2.75, 3.05) is 6.54 Å². The van der Waals surface area contributed by atoms with E-state index in [1.165, 1.54) is 12.3 Å². The molecular weight excluding hydrogens is 236 g/mol. The van der Waals surface area contributed by atoms with Crippen molar-refractivity contribution in [2.45, 2.75) is 26.7 Å². The lowest BCUT2D eigenvalue weighted by atomic mass is 9.94. The van der Waals surface area contributed by atoms with E-state index in [2.05, 4.69) is 10.5 Å². The van der Waals surface area contributed by atoms with Crippen molar-refractivity contribution in [1.29, 1.82) is 0 Å². The summed E-state index contributed by atoms with van der Waals surface area (Å²) < 4.78 is 4.71. The van der Waals surface area contributed by atoms with Gasteiger partial charge in [-0.2, -0.15) is 0 Å². The Bertz CT molecular complexity index is 387. The molecule has 18 heavy (non-hydrogen) atoms. The number of carboxylic acids is 1. The van der Waals surface area contributed by atoms with Crippen LogP contribution in [-0.4, -0.2) is 28.7 Å². The van der Waals surface area contributed by atoms with E-state index in [0.717, 1.165) is 6.42 Å². The number of rotatable bonds is 7. The molecule has 1 aromatic rings. The molecule has 0 aliphatic carbocycles. The fraction of sp³-hybridized carbons (Fsp3) is 0.583. The molecule has 0 aliphatic heterocycles. The standard InChI is InChI=1S/C12H18N2O4/c1-8(2)5-9(6-11(15)16)7-13-12(17)10-3-4-14-18-10/h3-4,8-9H,5-7H2,1-2H3,(H,13,17)(H,15,16). The number of amides is 1. The molecule has 0 radical (unpaired) electrons. The zero-order valence-corrected chi connectivity index (χ0v) is 10.5. The molecule has 0 bridgehead atoms. The number of hydrogen-bond donors (Lipinski definition) is 2. The first-order valence-electron chi connectivity index (χ1n) is 5.89. The summed E-state index contributed by atoms with van der Waals surface area (Å²) in [5.41, 5.74) is 0. The van der Waals surface area contributed by atoms with Gasteiger partial charge in [-0.15, -0.1) is 0 Å². The van der Waals surface area contributed by atoms with Gasteiger partial charge in [-0.3, -0.25) is 9.59 Å². The van der Waals surface area contributed by atoms with Crippen LogP contribution in [0.4, 0.5) is 0 Å². The quantitative estimate of drug-likeness (QED) is 0.770. The van der Waals surface area contributed by atoms with Crippen molar-refractivity contribution in [3.05, 3.63) is 18.0 Å². The molecule has 2 N–H and O–H groups in total. The third-order valence-corrected chi connectivity index (χ3v) is 2.48. The average molecular weight is 254 g/mol. The largest absolute Gasteiger partial charge is 0.481 e. The van der Waals surface area contributed by atoms with Gasteiger partial charge in [0.15, 0.2) is 0 Å². The first kappa shape index (κ1) is 14.2. The highest BCUT2D eigenvalue weighted by Crippen LogP contribution is 2.14. The van der Waals surface area contributed by atoms with E-state index >= 15 is 0 Å². The molecule has 0 saturated carbocycles. The lowest BCUT2D eigenvalue weighted by molar-refractivity contribution is -0.138. The summed E-state index contributed by atoms with van der Waals surface area (Å²) in [6, 6.07) is 1.46. The van der Waals surface area contributed by atoms with Crippen LogP contribution >= 0.6 is 0 Å². The van der Waals surface area contributed by atoms with Gasteiger partial charge in [0.05, 0.1) is 6.20 Å². The summed E-state index contributed by atoms with van der Waals surface area (Å²) >= 11 is 0. The van der Waals surface area contributed by atoms with E-state index in [-0.39, 0.29) is 24.0 Å². The molecule has 0 saturated heterocycles. The van der Waals surface area contributed by atoms with Crippen LogP contribution in [0.1, 0.15) is 37.2 Å². The van der Waals surface area contributed by atoms with Gasteiger partial charge in [0.25, 0.3) is 5.91 Å². The Balaban J connectivity index is 2.45. The van der Waals surface area contributed by atoms with Crippen molar-refractivity contribution in [3.8, 4) is 0 Å². The Labute approximate surface area is 105 Å². The van der Waals surface area contributed by atoms with E-state index in [0.29, 0.717) is 12.5 Å². The summed E-state index contributed by atoms with van der Waals surface area (Å²) in [5.74, 6) is -0.777. The van der Waals surface area contributed by atoms with E-state index < -0.39 is 5.97 Å². The van der Waals surface area contributed by atoms with Gasteiger partial charge in [-0.1, -0.05) is 19.0 Å². The number of hydrogen-bond acceptors (Lipinski definition) is 4. The van der Waals surface area contributed by atoms with Crippen LogP contribution < -0.4 is 5.32 Å². The zero-order valence-electron chi connectivity index (χ0n) is 10.5. The second kappa shape index (κ2) is 6.78. The molecule has 1 atom stereocenters. The maximum atomic E-state index is 11.6. The molecule has 100 valence electrons. The monoisotopic (exact) mass is 254 g/mol. The number of carbonyl (C=O) groups excluding carboxylic acids is 1. The van der Waals surface area contributed by atoms with Crippen LogP contribution in [-0.2, 0) is 4.79 Å².